The average Bonchev–Trinajstić information content (AvgIpc) is 1.89. The van der Waals surface area contributed by atoms with E-state index in [-0.39, 0.29) is 24.8 Å². The molecule has 0 aromatic rings. The number of unbranched alkanes of at least 4 members (excludes halogenated alkanes) is 2. The predicted molar refractivity (Wildman–Crippen MR) is 41.5 cm³/mol. The van der Waals surface area contributed by atoms with Gasteiger partial charge in [0.05, 0.1) is 13.1 Å². The number of quaternary nitrogens is 1. The van der Waals surface area contributed by atoms with Crippen molar-refractivity contribution in [2.45, 2.75) is 39.5 Å². The second-order valence-electron chi connectivity index (χ2n) is 2.57. The van der Waals surface area contributed by atoms with Crippen molar-refractivity contribution in [1.29, 1.82) is 0 Å². The molecule has 0 aromatic carbocycles. The lowest BCUT2D eigenvalue weighted by atomic mass is 10.3. The zero-order valence-electron chi connectivity index (χ0n) is 7.58. The summed E-state index contributed by atoms with van der Waals surface area (Å²) >= 11 is 0. The van der Waals surface area contributed by atoms with Crippen LogP contribution in [0.15, 0.2) is 0 Å². The maximum atomic E-state index is 2.42. The molecule has 0 aliphatic rings. The van der Waals surface area contributed by atoms with E-state index in [1.165, 1.54) is 38.8 Å². The maximum absolute atomic E-state index is 2.42. The molecule has 0 spiro atoms. The number of rotatable bonds is 6. The van der Waals surface area contributed by atoms with Gasteiger partial charge in [0.15, 0.2) is 0 Å². The standard InChI is InChI=1S/C8H19N.2ClH/c1-3-5-7-9-8-6-4-2;;/h9H,3-8H2,1-2H3;2*1H/p-1. The van der Waals surface area contributed by atoms with E-state index < -0.39 is 0 Å². The number of halogens is 2. The molecule has 0 radical (unpaired) electrons. The van der Waals surface area contributed by atoms with Crippen molar-refractivity contribution < 1.29 is 30.1 Å². The van der Waals surface area contributed by atoms with Crippen molar-refractivity contribution in [3.05, 3.63) is 0 Å². The molecule has 0 atom stereocenters. The van der Waals surface area contributed by atoms with Gasteiger partial charge < -0.3 is 30.1 Å². The van der Waals surface area contributed by atoms with Crippen LogP contribution < -0.4 is 30.1 Å². The molecule has 1 nitrogen and oxygen atoms in total. The van der Waals surface area contributed by atoms with Crippen molar-refractivity contribution >= 4 is 0 Å². The fraction of sp³-hybridized carbons (Fsp3) is 1.00. The van der Waals surface area contributed by atoms with E-state index >= 15 is 0 Å². The summed E-state index contributed by atoms with van der Waals surface area (Å²) in [6.45, 7) is 7.15. The van der Waals surface area contributed by atoms with Gasteiger partial charge in [0.2, 0.25) is 0 Å². The second-order valence-corrected chi connectivity index (χ2v) is 2.57. The third kappa shape index (κ3) is 18.0. The average molecular weight is 201 g/mol. The van der Waals surface area contributed by atoms with Crippen LogP contribution in [-0.4, -0.2) is 13.1 Å². The van der Waals surface area contributed by atoms with E-state index in [0.29, 0.717) is 0 Å². The minimum absolute atomic E-state index is 0. The molecule has 2 N–H and O–H groups in total. The van der Waals surface area contributed by atoms with Crippen LogP contribution >= 0.6 is 0 Å². The molecule has 0 aliphatic heterocycles. The molecule has 0 fully saturated rings. The lowest BCUT2D eigenvalue weighted by Crippen LogP contribution is -3.00. The summed E-state index contributed by atoms with van der Waals surface area (Å²) in [7, 11) is 0. The van der Waals surface area contributed by atoms with Crippen LogP contribution in [0.4, 0.5) is 0 Å². The van der Waals surface area contributed by atoms with Gasteiger partial charge in [0, 0.05) is 0 Å². The molecule has 0 saturated carbocycles. The van der Waals surface area contributed by atoms with Crippen LogP contribution in [-0.2, 0) is 0 Å². The summed E-state index contributed by atoms with van der Waals surface area (Å²) in [5, 5.41) is 2.42. The second kappa shape index (κ2) is 16.9. The van der Waals surface area contributed by atoms with Crippen LogP contribution in [0.25, 0.3) is 0 Å². The molecule has 72 valence electrons. The van der Waals surface area contributed by atoms with E-state index in [1.807, 2.05) is 0 Å². The van der Waals surface area contributed by atoms with Gasteiger partial charge >= 0.3 is 0 Å². The molecule has 11 heavy (non-hydrogen) atoms. The van der Waals surface area contributed by atoms with Crippen molar-refractivity contribution in [2.75, 3.05) is 13.1 Å². The zero-order chi connectivity index (χ0) is 6.95. The summed E-state index contributed by atoms with van der Waals surface area (Å²) in [6, 6.07) is 0. The predicted octanol–water partition coefficient (Wildman–Crippen LogP) is -4.84. The summed E-state index contributed by atoms with van der Waals surface area (Å²) in [5.41, 5.74) is 0. The van der Waals surface area contributed by atoms with E-state index in [1.54, 1.807) is 0 Å². The van der Waals surface area contributed by atoms with E-state index in [9.17, 15) is 0 Å². The Kier molecular flexibility index (Phi) is 27.0. The SMILES string of the molecule is CCCC[NH2+]CCCC.[Cl-].[Cl-]. The van der Waals surface area contributed by atoms with Crippen LogP contribution in [0.3, 0.4) is 0 Å². The Morgan fingerprint density at radius 1 is 0.818 bits per heavy atom. The summed E-state index contributed by atoms with van der Waals surface area (Å²) in [6.07, 6.45) is 5.43. The Labute approximate surface area is 83.1 Å². The van der Waals surface area contributed by atoms with Crippen LogP contribution in [0, 0.1) is 0 Å². The third-order valence-electron chi connectivity index (χ3n) is 1.52. The summed E-state index contributed by atoms with van der Waals surface area (Å²) in [4.78, 5) is 0. The fourth-order valence-electron chi connectivity index (χ4n) is 0.841. The molecule has 0 heterocycles. The van der Waals surface area contributed by atoms with E-state index in [2.05, 4.69) is 19.2 Å². The summed E-state index contributed by atoms with van der Waals surface area (Å²) < 4.78 is 0. The first-order valence-electron chi connectivity index (χ1n) is 4.23. The van der Waals surface area contributed by atoms with Crippen molar-refractivity contribution in [2.24, 2.45) is 0 Å². The Hall–Kier alpha value is 0.540. The number of hydrogen-bond donors (Lipinski definition) is 1. The van der Waals surface area contributed by atoms with Gasteiger partial charge in [-0.3, -0.25) is 0 Å². The monoisotopic (exact) mass is 200 g/mol. The van der Waals surface area contributed by atoms with Crippen LogP contribution in [0.2, 0.25) is 0 Å². The molecule has 0 saturated heterocycles. The van der Waals surface area contributed by atoms with Gasteiger partial charge in [0.1, 0.15) is 0 Å². The molecule has 0 unspecified atom stereocenters. The first-order valence-corrected chi connectivity index (χ1v) is 4.23. The Morgan fingerprint density at radius 3 is 1.45 bits per heavy atom. The molecule has 0 aromatic heterocycles. The highest BCUT2D eigenvalue weighted by atomic mass is 35.5. The molecule has 0 aliphatic carbocycles. The number of nitrogens with two attached hydrogens (primary N) is 1. The van der Waals surface area contributed by atoms with Gasteiger partial charge in [-0.1, -0.05) is 26.7 Å². The molecular weight excluding hydrogens is 181 g/mol. The van der Waals surface area contributed by atoms with Gasteiger partial charge in [-0.2, -0.15) is 0 Å². The lowest BCUT2D eigenvalue weighted by molar-refractivity contribution is -0.655. The van der Waals surface area contributed by atoms with Gasteiger partial charge in [-0.25, -0.2) is 0 Å². The van der Waals surface area contributed by atoms with E-state index in [4.69, 9.17) is 0 Å². The zero-order valence-corrected chi connectivity index (χ0v) is 9.09. The van der Waals surface area contributed by atoms with Gasteiger partial charge in [0.25, 0.3) is 0 Å². The minimum atomic E-state index is 0. The molecule has 0 rings (SSSR count). The molecular formula is C8H20Cl2N-. The lowest BCUT2D eigenvalue weighted by Gasteiger charge is -1.96. The molecule has 0 amide bonds. The fourth-order valence-corrected chi connectivity index (χ4v) is 0.841. The van der Waals surface area contributed by atoms with E-state index in [0.717, 1.165) is 0 Å². The number of hydrogen-bond acceptors (Lipinski definition) is 0. The van der Waals surface area contributed by atoms with Gasteiger partial charge in [-0.05, 0) is 12.8 Å². The minimum Gasteiger partial charge on any atom is -1.00 e. The highest BCUT2D eigenvalue weighted by molar-refractivity contribution is 4.28. The third-order valence-corrected chi connectivity index (χ3v) is 1.52. The molecule has 3 heteroatoms. The smallest absolute Gasteiger partial charge is 0.0755 e. The van der Waals surface area contributed by atoms with Crippen molar-refractivity contribution in [1.82, 2.24) is 0 Å². The Morgan fingerprint density at radius 2 is 1.18 bits per heavy atom. The van der Waals surface area contributed by atoms with Crippen molar-refractivity contribution in [3.8, 4) is 0 Å². The maximum Gasteiger partial charge on any atom is 0.0755 e. The quantitative estimate of drug-likeness (QED) is 0.415. The normalized spacial score (nSPS) is 8.18. The van der Waals surface area contributed by atoms with Crippen LogP contribution in [0.5, 0.6) is 0 Å². The summed E-state index contributed by atoms with van der Waals surface area (Å²) in [5.74, 6) is 0. The van der Waals surface area contributed by atoms with Crippen molar-refractivity contribution in [3.63, 3.8) is 0 Å². The van der Waals surface area contributed by atoms with Crippen LogP contribution in [0.1, 0.15) is 39.5 Å². The first-order chi connectivity index (χ1) is 4.41. The molecule has 0 bridgehead atoms. The van der Waals surface area contributed by atoms with Gasteiger partial charge in [-0.15, -0.1) is 0 Å². The highest BCUT2D eigenvalue weighted by Gasteiger charge is 1.86. The topological polar surface area (TPSA) is 16.6 Å². The Balaban J connectivity index is -0.000000320. The Bertz CT molecular complexity index is 45.4. The largest absolute Gasteiger partial charge is 1.00 e. The highest BCUT2D eigenvalue weighted by Crippen LogP contribution is 1.80. The first kappa shape index (κ1) is 17.6.